The first-order valence-electron chi connectivity index (χ1n) is 9.70. The van der Waals surface area contributed by atoms with Gasteiger partial charge in [-0.25, -0.2) is 13.1 Å². The predicted molar refractivity (Wildman–Crippen MR) is 115 cm³/mol. The highest BCUT2D eigenvalue weighted by Crippen LogP contribution is 2.31. The lowest BCUT2D eigenvalue weighted by atomic mass is 10.0. The zero-order valence-corrected chi connectivity index (χ0v) is 17.8. The molecule has 0 aliphatic carbocycles. The Kier molecular flexibility index (Phi) is 5.27. The Bertz CT molecular complexity index is 1340. The second kappa shape index (κ2) is 7.75. The zero-order chi connectivity index (χ0) is 21.5. The van der Waals surface area contributed by atoms with Gasteiger partial charge >= 0.3 is 0 Å². The van der Waals surface area contributed by atoms with Gasteiger partial charge in [0.05, 0.1) is 17.2 Å². The molecule has 2 N–H and O–H groups in total. The van der Waals surface area contributed by atoms with Gasteiger partial charge in [0.25, 0.3) is 0 Å². The summed E-state index contributed by atoms with van der Waals surface area (Å²) in [6.07, 6.45) is 0.490. The molecular formula is C21H23N5O3S. The fourth-order valence-electron chi connectivity index (χ4n) is 3.47. The van der Waals surface area contributed by atoms with Crippen molar-refractivity contribution in [2.24, 2.45) is 0 Å². The van der Waals surface area contributed by atoms with Crippen molar-refractivity contribution < 1.29 is 13.5 Å². The number of fused-ring (bicyclic) bond motifs is 3. The molecule has 8 nitrogen and oxygen atoms in total. The van der Waals surface area contributed by atoms with E-state index in [4.69, 9.17) is 5.10 Å². The number of hydrogen-bond acceptors (Lipinski definition) is 6. The van der Waals surface area contributed by atoms with Crippen LogP contribution in [0.5, 0.6) is 0 Å². The van der Waals surface area contributed by atoms with Crippen molar-refractivity contribution in [2.45, 2.75) is 38.1 Å². The smallest absolute Gasteiger partial charge is 0.241 e. The van der Waals surface area contributed by atoms with Crippen LogP contribution in [0.1, 0.15) is 24.7 Å². The van der Waals surface area contributed by atoms with Gasteiger partial charge in [-0.05, 0) is 31.9 Å². The molecule has 30 heavy (non-hydrogen) atoms. The van der Waals surface area contributed by atoms with Crippen molar-refractivity contribution in [1.82, 2.24) is 24.5 Å². The molecule has 0 saturated heterocycles. The maximum atomic E-state index is 13.0. The standard InChI is InChI=1S/C21H23N5O3S/c1-4-16(12-27)25-30(28,29)19-11-15(10-9-13(19)2)20-17-7-5-6-8-18(17)21-23-22-14(3)26(21)24-20/h5-11,16,25,27H,4,12H2,1-3H3. The molecule has 0 fully saturated rings. The van der Waals surface area contributed by atoms with Crippen molar-refractivity contribution in [2.75, 3.05) is 6.61 Å². The minimum Gasteiger partial charge on any atom is -0.395 e. The Hall–Kier alpha value is -2.88. The molecule has 0 radical (unpaired) electrons. The summed E-state index contributed by atoms with van der Waals surface area (Å²) in [7, 11) is -3.81. The molecule has 2 aromatic carbocycles. The minimum atomic E-state index is -3.81. The summed E-state index contributed by atoms with van der Waals surface area (Å²) in [5.41, 5.74) is 2.59. The van der Waals surface area contributed by atoms with E-state index in [1.807, 2.05) is 44.2 Å². The number of aliphatic hydroxyl groups excluding tert-OH is 1. The van der Waals surface area contributed by atoms with Crippen LogP contribution in [0.2, 0.25) is 0 Å². The van der Waals surface area contributed by atoms with Crippen LogP contribution in [0.15, 0.2) is 47.4 Å². The zero-order valence-electron chi connectivity index (χ0n) is 17.0. The Morgan fingerprint density at radius 1 is 1.10 bits per heavy atom. The fraction of sp³-hybridized carbons (Fsp3) is 0.286. The number of benzene rings is 2. The van der Waals surface area contributed by atoms with E-state index < -0.39 is 16.1 Å². The summed E-state index contributed by atoms with van der Waals surface area (Å²) in [6, 6.07) is 12.4. The van der Waals surface area contributed by atoms with Gasteiger partial charge in [-0.2, -0.15) is 9.61 Å². The average Bonchev–Trinajstić information content (AvgIpc) is 3.12. The lowest BCUT2D eigenvalue weighted by molar-refractivity contribution is 0.254. The number of rotatable bonds is 6. The highest BCUT2D eigenvalue weighted by Gasteiger charge is 2.22. The number of nitrogens with one attached hydrogen (secondary N) is 1. The van der Waals surface area contributed by atoms with Gasteiger partial charge in [0.2, 0.25) is 10.0 Å². The maximum absolute atomic E-state index is 13.0. The summed E-state index contributed by atoms with van der Waals surface area (Å²) in [5, 5.41) is 24.2. The first-order chi connectivity index (χ1) is 14.4. The van der Waals surface area contributed by atoms with Crippen LogP contribution in [-0.4, -0.2) is 46.0 Å². The largest absolute Gasteiger partial charge is 0.395 e. The summed E-state index contributed by atoms with van der Waals surface area (Å²) in [4.78, 5) is 0.165. The second-order valence-corrected chi connectivity index (χ2v) is 8.95. The van der Waals surface area contributed by atoms with E-state index in [1.165, 1.54) is 0 Å². The van der Waals surface area contributed by atoms with Crippen molar-refractivity contribution in [3.8, 4) is 11.3 Å². The second-order valence-electron chi connectivity index (χ2n) is 7.27. The normalized spacial score (nSPS) is 13.2. The van der Waals surface area contributed by atoms with Gasteiger partial charge in [0.15, 0.2) is 11.5 Å². The Labute approximate surface area is 174 Å². The van der Waals surface area contributed by atoms with Gasteiger partial charge in [-0.1, -0.05) is 43.3 Å². The average molecular weight is 426 g/mol. The summed E-state index contributed by atoms with van der Waals surface area (Å²) >= 11 is 0. The fourth-order valence-corrected chi connectivity index (χ4v) is 5.05. The van der Waals surface area contributed by atoms with Crippen LogP contribution in [0.3, 0.4) is 0 Å². The summed E-state index contributed by atoms with van der Waals surface area (Å²) < 4.78 is 30.2. The highest BCUT2D eigenvalue weighted by atomic mass is 32.2. The van der Waals surface area contributed by atoms with Crippen LogP contribution in [-0.2, 0) is 10.0 Å². The van der Waals surface area contributed by atoms with Crippen LogP contribution >= 0.6 is 0 Å². The molecule has 0 spiro atoms. The number of nitrogens with zero attached hydrogens (tertiary/aromatic N) is 4. The number of aliphatic hydroxyl groups is 1. The minimum absolute atomic E-state index is 0.165. The van der Waals surface area contributed by atoms with E-state index in [0.29, 0.717) is 34.7 Å². The molecule has 9 heteroatoms. The van der Waals surface area contributed by atoms with E-state index in [2.05, 4.69) is 14.9 Å². The first-order valence-corrected chi connectivity index (χ1v) is 11.2. The van der Waals surface area contributed by atoms with Crippen LogP contribution in [0.4, 0.5) is 0 Å². The van der Waals surface area contributed by atoms with E-state index in [1.54, 1.807) is 23.6 Å². The third-order valence-electron chi connectivity index (χ3n) is 5.21. The quantitative estimate of drug-likeness (QED) is 0.491. The molecule has 1 atom stereocenters. The predicted octanol–water partition coefficient (Wildman–Crippen LogP) is 2.61. The Balaban J connectivity index is 1.93. The molecule has 2 heterocycles. The lowest BCUT2D eigenvalue weighted by Gasteiger charge is -2.16. The number of sulfonamides is 1. The maximum Gasteiger partial charge on any atom is 0.241 e. The molecule has 0 saturated carbocycles. The molecule has 4 rings (SSSR count). The third-order valence-corrected chi connectivity index (χ3v) is 6.87. The molecule has 0 aliphatic heterocycles. The molecule has 4 aromatic rings. The van der Waals surface area contributed by atoms with E-state index in [0.717, 1.165) is 10.8 Å². The van der Waals surface area contributed by atoms with Gasteiger partial charge in [0.1, 0.15) is 0 Å². The Morgan fingerprint density at radius 3 is 2.53 bits per heavy atom. The molecule has 156 valence electrons. The van der Waals surface area contributed by atoms with E-state index in [9.17, 15) is 13.5 Å². The van der Waals surface area contributed by atoms with Crippen molar-refractivity contribution in [3.05, 3.63) is 53.9 Å². The molecule has 1 unspecified atom stereocenters. The molecule has 0 amide bonds. The first kappa shape index (κ1) is 20.4. The van der Waals surface area contributed by atoms with Gasteiger partial charge in [-0.15, -0.1) is 10.2 Å². The van der Waals surface area contributed by atoms with E-state index >= 15 is 0 Å². The highest BCUT2D eigenvalue weighted by molar-refractivity contribution is 7.89. The van der Waals surface area contributed by atoms with Crippen LogP contribution < -0.4 is 4.72 Å². The Morgan fingerprint density at radius 2 is 1.83 bits per heavy atom. The van der Waals surface area contributed by atoms with Crippen LogP contribution in [0, 0.1) is 13.8 Å². The number of aromatic nitrogens is 4. The molecular weight excluding hydrogens is 402 g/mol. The van der Waals surface area contributed by atoms with Crippen molar-refractivity contribution >= 4 is 26.4 Å². The summed E-state index contributed by atoms with van der Waals surface area (Å²) in [6.45, 7) is 5.13. The SMILES string of the molecule is CCC(CO)NS(=O)(=O)c1cc(-c2nn3c(C)nnc3c3ccccc23)ccc1C. The van der Waals surface area contributed by atoms with Crippen LogP contribution in [0.25, 0.3) is 27.7 Å². The number of hydrogen-bond donors (Lipinski definition) is 2. The number of aryl methyl sites for hydroxylation is 2. The summed E-state index contributed by atoms with van der Waals surface area (Å²) in [5.74, 6) is 0.646. The third kappa shape index (κ3) is 3.45. The molecule has 0 aliphatic rings. The monoisotopic (exact) mass is 425 g/mol. The van der Waals surface area contributed by atoms with Gasteiger partial charge in [0, 0.05) is 22.4 Å². The lowest BCUT2D eigenvalue weighted by Crippen LogP contribution is -2.37. The van der Waals surface area contributed by atoms with Crippen molar-refractivity contribution in [3.63, 3.8) is 0 Å². The van der Waals surface area contributed by atoms with Gasteiger partial charge in [-0.3, -0.25) is 0 Å². The van der Waals surface area contributed by atoms with Gasteiger partial charge < -0.3 is 5.11 Å². The molecule has 2 aromatic heterocycles. The van der Waals surface area contributed by atoms with Crippen molar-refractivity contribution in [1.29, 1.82) is 0 Å². The topological polar surface area (TPSA) is 109 Å². The molecule has 0 bridgehead atoms. The van der Waals surface area contributed by atoms with E-state index in [-0.39, 0.29) is 11.5 Å².